The highest BCUT2D eigenvalue weighted by Crippen LogP contribution is 2.16. The van der Waals surface area contributed by atoms with Crippen molar-refractivity contribution in [2.45, 2.75) is 6.54 Å². The van der Waals surface area contributed by atoms with Gasteiger partial charge in [-0.3, -0.25) is 9.36 Å². The second kappa shape index (κ2) is 5.95. The van der Waals surface area contributed by atoms with Gasteiger partial charge in [0.2, 0.25) is 5.91 Å². The first kappa shape index (κ1) is 14.4. The van der Waals surface area contributed by atoms with Crippen LogP contribution < -0.4 is 11.0 Å². The summed E-state index contributed by atoms with van der Waals surface area (Å²) in [4.78, 5) is 37.4. The maximum Gasteiger partial charge on any atom is 0.347 e. The van der Waals surface area contributed by atoms with Gasteiger partial charge in [-0.1, -0.05) is 0 Å². The van der Waals surface area contributed by atoms with Gasteiger partial charge in [-0.25, -0.2) is 19.0 Å². The van der Waals surface area contributed by atoms with Crippen molar-refractivity contribution in [2.24, 2.45) is 0 Å². The molecule has 8 heteroatoms. The van der Waals surface area contributed by atoms with E-state index >= 15 is 0 Å². The maximum atomic E-state index is 13.5. The summed E-state index contributed by atoms with van der Waals surface area (Å²) in [6, 6.07) is 4.50. The number of carbonyl (C=O) groups excluding carboxylic acids is 1. The summed E-state index contributed by atoms with van der Waals surface area (Å²) < 4.78 is 14.6. The van der Waals surface area contributed by atoms with E-state index in [1.807, 2.05) is 0 Å². The van der Waals surface area contributed by atoms with E-state index in [9.17, 15) is 18.8 Å². The minimum absolute atomic E-state index is 0.162. The van der Waals surface area contributed by atoms with E-state index < -0.39 is 23.4 Å². The molecule has 2 rings (SSSR count). The van der Waals surface area contributed by atoms with Gasteiger partial charge in [0.1, 0.15) is 12.4 Å². The maximum absolute atomic E-state index is 13.5. The molecule has 0 spiro atoms. The Morgan fingerprint density at radius 3 is 2.81 bits per heavy atom. The van der Waals surface area contributed by atoms with Crippen molar-refractivity contribution in [1.29, 1.82) is 0 Å². The standard InChI is InChI=1S/C13H10FN3O4/c14-9-3-2-8(12(19)20)6-10(9)16-11(18)7-17-5-1-4-15-13(17)21/h1-6H,7H2,(H,16,18)(H,19,20). The van der Waals surface area contributed by atoms with Crippen LogP contribution in [-0.2, 0) is 11.3 Å². The Morgan fingerprint density at radius 2 is 2.14 bits per heavy atom. The van der Waals surface area contributed by atoms with Crippen LogP contribution in [0.5, 0.6) is 0 Å². The number of aromatic nitrogens is 2. The Hall–Kier alpha value is -3.03. The Morgan fingerprint density at radius 1 is 1.38 bits per heavy atom. The number of carboxylic acid groups (broad SMARTS) is 1. The molecule has 0 aliphatic rings. The molecule has 0 saturated heterocycles. The number of carboxylic acids is 1. The molecule has 0 radical (unpaired) electrons. The Kier molecular flexibility index (Phi) is 4.07. The molecule has 0 aliphatic heterocycles. The molecule has 21 heavy (non-hydrogen) atoms. The van der Waals surface area contributed by atoms with Gasteiger partial charge in [0, 0.05) is 12.4 Å². The van der Waals surface area contributed by atoms with Gasteiger partial charge in [-0.15, -0.1) is 0 Å². The molecular formula is C13H10FN3O4. The fourth-order valence-corrected chi connectivity index (χ4v) is 1.61. The average molecular weight is 291 g/mol. The number of hydrogen-bond donors (Lipinski definition) is 2. The molecule has 7 nitrogen and oxygen atoms in total. The number of amides is 1. The third-order valence-electron chi connectivity index (χ3n) is 2.58. The van der Waals surface area contributed by atoms with E-state index in [4.69, 9.17) is 5.11 Å². The zero-order valence-electron chi connectivity index (χ0n) is 10.6. The summed E-state index contributed by atoms with van der Waals surface area (Å²) in [6.45, 7) is -0.358. The number of carbonyl (C=O) groups is 2. The van der Waals surface area contributed by atoms with E-state index in [1.165, 1.54) is 18.5 Å². The van der Waals surface area contributed by atoms with E-state index in [0.29, 0.717) is 0 Å². The monoisotopic (exact) mass is 291 g/mol. The van der Waals surface area contributed by atoms with E-state index in [0.717, 1.165) is 22.8 Å². The summed E-state index contributed by atoms with van der Waals surface area (Å²) in [5.41, 5.74) is -1.05. The largest absolute Gasteiger partial charge is 0.478 e. The molecule has 108 valence electrons. The van der Waals surface area contributed by atoms with Crippen LogP contribution in [0.2, 0.25) is 0 Å². The fraction of sp³-hybridized carbons (Fsp3) is 0.0769. The van der Waals surface area contributed by atoms with Gasteiger partial charge >= 0.3 is 11.7 Å². The van der Waals surface area contributed by atoms with Gasteiger partial charge in [0.05, 0.1) is 11.3 Å². The SMILES string of the molecule is O=C(Cn1cccnc1=O)Nc1cc(C(=O)O)ccc1F. The first-order valence-corrected chi connectivity index (χ1v) is 5.81. The van der Waals surface area contributed by atoms with Crippen molar-refractivity contribution in [3.63, 3.8) is 0 Å². The lowest BCUT2D eigenvalue weighted by molar-refractivity contribution is -0.116. The molecule has 1 aromatic heterocycles. The first-order chi connectivity index (χ1) is 9.97. The van der Waals surface area contributed by atoms with Crippen LogP contribution in [0.15, 0.2) is 41.5 Å². The van der Waals surface area contributed by atoms with Crippen molar-refractivity contribution in [2.75, 3.05) is 5.32 Å². The first-order valence-electron chi connectivity index (χ1n) is 5.81. The van der Waals surface area contributed by atoms with Crippen LogP contribution >= 0.6 is 0 Å². The molecule has 0 aliphatic carbocycles. The highest BCUT2D eigenvalue weighted by molar-refractivity contribution is 5.93. The molecular weight excluding hydrogens is 281 g/mol. The van der Waals surface area contributed by atoms with Crippen molar-refractivity contribution >= 4 is 17.6 Å². The lowest BCUT2D eigenvalue weighted by Crippen LogP contribution is -2.28. The molecule has 2 N–H and O–H groups in total. The third kappa shape index (κ3) is 3.50. The number of anilines is 1. The van der Waals surface area contributed by atoms with Gasteiger partial charge in [0.15, 0.2) is 0 Å². The smallest absolute Gasteiger partial charge is 0.347 e. The second-order valence-electron chi connectivity index (χ2n) is 4.08. The predicted molar refractivity (Wildman–Crippen MR) is 70.5 cm³/mol. The fourth-order valence-electron chi connectivity index (χ4n) is 1.61. The summed E-state index contributed by atoms with van der Waals surface area (Å²) in [5, 5.41) is 11.0. The lowest BCUT2D eigenvalue weighted by atomic mass is 10.2. The molecule has 0 atom stereocenters. The van der Waals surface area contributed by atoms with Crippen molar-refractivity contribution in [1.82, 2.24) is 9.55 Å². The van der Waals surface area contributed by atoms with Crippen LogP contribution in [0.25, 0.3) is 0 Å². The van der Waals surface area contributed by atoms with Gasteiger partial charge in [-0.2, -0.15) is 0 Å². The number of halogens is 1. The topological polar surface area (TPSA) is 101 Å². The highest BCUT2D eigenvalue weighted by atomic mass is 19.1. The second-order valence-corrected chi connectivity index (χ2v) is 4.08. The van der Waals surface area contributed by atoms with Crippen molar-refractivity contribution < 1.29 is 19.1 Å². The Bertz CT molecular complexity index is 757. The number of nitrogens with one attached hydrogen (secondary N) is 1. The van der Waals surface area contributed by atoms with Gasteiger partial charge in [-0.05, 0) is 24.3 Å². The summed E-state index contributed by atoms with van der Waals surface area (Å²) in [7, 11) is 0. The van der Waals surface area contributed by atoms with Crippen LogP contribution in [-0.4, -0.2) is 26.5 Å². The molecule has 0 saturated carbocycles. The molecule has 0 fully saturated rings. The molecule has 1 amide bonds. The zero-order valence-corrected chi connectivity index (χ0v) is 10.6. The molecule has 0 bridgehead atoms. The van der Waals surface area contributed by atoms with E-state index in [2.05, 4.69) is 10.3 Å². The average Bonchev–Trinajstić information content (AvgIpc) is 2.43. The normalized spacial score (nSPS) is 10.1. The quantitative estimate of drug-likeness (QED) is 0.864. The predicted octanol–water partition coefficient (Wildman–Crippen LogP) is 0.719. The summed E-state index contributed by atoms with van der Waals surface area (Å²) in [6.07, 6.45) is 2.64. The van der Waals surface area contributed by atoms with Crippen molar-refractivity contribution in [3.8, 4) is 0 Å². The molecule has 0 unspecified atom stereocenters. The van der Waals surface area contributed by atoms with E-state index in [1.54, 1.807) is 0 Å². The molecule has 1 aromatic carbocycles. The summed E-state index contributed by atoms with van der Waals surface area (Å²) in [5.74, 6) is -2.69. The number of rotatable bonds is 4. The minimum atomic E-state index is -1.24. The third-order valence-corrected chi connectivity index (χ3v) is 2.58. The molecule has 1 heterocycles. The van der Waals surface area contributed by atoms with Crippen LogP contribution in [0, 0.1) is 5.82 Å². The Labute approximate surface area is 117 Å². The van der Waals surface area contributed by atoms with E-state index in [-0.39, 0.29) is 17.8 Å². The van der Waals surface area contributed by atoms with Crippen LogP contribution in [0.1, 0.15) is 10.4 Å². The highest BCUT2D eigenvalue weighted by Gasteiger charge is 2.12. The summed E-state index contributed by atoms with van der Waals surface area (Å²) >= 11 is 0. The zero-order chi connectivity index (χ0) is 15.4. The molecule has 2 aromatic rings. The van der Waals surface area contributed by atoms with Gasteiger partial charge in [0.25, 0.3) is 0 Å². The Balaban J connectivity index is 2.16. The van der Waals surface area contributed by atoms with Crippen molar-refractivity contribution in [3.05, 3.63) is 58.5 Å². The number of nitrogens with zero attached hydrogens (tertiary/aromatic N) is 2. The lowest BCUT2D eigenvalue weighted by Gasteiger charge is -2.08. The van der Waals surface area contributed by atoms with Gasteiger partial charge < -0.3 is 10.4 Å². The minimum Gasteiger partial charge on any atom is -0.478 e. The van der Waals surface area contributed by atoms with Crippen LogP contribution in [0.3, 0.4) is 0 Å². The van der Waals surface area contributed by atoms with Crippen LogP contribution in [0.4, 0.5) is 10.1 Å². The number of aromatic carboxylic acids is 1. The number of hydrogen-bond acceptors (Lipinski definition) is 4. The number of benzene rings is 1.